The lowest BCUT2D eigenvalue weighted by Crippen LogP contribution is -2.23. The van der Waals surface area contributed by atoms with E-state index < -0.39 is 0 Å². The first-order chi connectivity index (χ1) is 11.6. The lowest BCUT2D eigenvalue weighted by atomic mass is 10.1. The average Bonchev–Trinajstić information content (AvgIpc) is 3.14. The van der Waals surface area contributed by atoms with Gasteiger partial charge < -0.3 is 10.2 Å². The van der Waals surface area contributed by atoms with Gasteiger partial charge in [0.25, 0.3) is 5.91 Å². The van der Waals surface area contributed by atoms with Crippen LogP contribution in [0.1, 0.15) is 15.9 Å². The number of rotatable bonds is 5. The van der Waals surface area contributed by atoms with Crippen LogP contribution in [0.15, 0.2) is 60.1 Å². The van der Waals surface area contributed by atoms with E-state index in [1.807, 2.05) is 72.9 Å². The Labute approximate surface area is 145 Å². The highest BCUT2D eigenvalue weighted by Crippen LogP contribution is 2.25. The number of pyridine rings is 1. The fourth-order valence-electron chi connectivity index (χ4n) is 2.40. The van der Waals surface area contributed by atoms with Crippen molar-refractivity contribution in [3.63, 3.8) is 0 Å². The smallest absolute Gasteiger partial charge is 0.251 e. The third-order valence-electron chi connectivity index (χ3n) is 3.73. The third-order valence-corrected chi connectivity index (χ3v) is 4.61. The van der Waals surface area contributed by atoms with Crippen LogP contribution in [0.4, 0.5) is 5.69 Å². The van der Waals surface area contributed by atoms with Crippen LogP contribution in [0.25, 0.3) is 10.6 Å². The highest BCUT2D eigenvalue weighted by Gasteiger charge is 2.10. The van der Waals surface area contributed by atoms with Crippen molar-refractivity contribution in [2.45, 2.75) is 6.54 Å². The first-order valence-electron chi connectivity index (χ1n) is 7.68. The number of carbonyl (C=O) groups is 1. The molecule has 2 heterocycles. The lowest BCUT2D eigenvalue weighted by Gasteiger charge is -2.13. The molecule has 0 saturated carbocycles. The number of aromatic nitrogens is 1. The first-order valence-corrected chi connectivity index (χ1v) is 8.56. The zero-order valence-electron chi connectivity index (χ0n) is 13.7. The molecule has 24 heavy (non-hydrogen) atoms. The average molecular weight is 337 g/mol. The molecule has 0 saturated heterocycles. The Hall–Kier alpha value is -2.66. The van der Waals surface area contributed by atoms with Crippen LogP contribution < -0.4 is 10.2 Å². The SMILES string of the molecule is CN(C)c1ccc(C(=O)NCc2cccnc2-c2cccs2)cc1. The van der Waals surface area contributed by atoms with Crippen LogP contribution in [0, 0.1) is 0 Å². The van der Waals surface area contributed by atoms with E-state index in [4.69, 9.17) is 0 Å². The molecule has 0 unspecified atom stereocenters. The summed E-state index contributed by atoms with van der Waals surface area (Å²) in [6.45, 7) is 0.454. The molecule has 0 spiro atoms. The number of hydrogen-bond donors (Lipinski definition) is 1. The van der Waals surface area contributed by atoms with E-state index in [0.29, 0.717) is 12.1 Å². The van der Waals surface area contributed by atoms with E-state index in [0.717, 1.165) is 21.8 Å². The van der Waals surface area contributed by atoms with Crippen LogP contribution >= 0.6 is 11.3 Å². The van der Waals surface area contributed by atoms with Gasteiger partial charge in [0.1, 0.15) is 0 Å². The van der Waals surface area contributed by atoms with Gasteiger partial charge in [-0.25, -0.2) is 0 Å². The maximum absolute atomic E-state index is 12.4. The molecule has 0 radical (unpaired) electrons. The van der Waals surface area contributed by atoms with E-state index in [-0.39, 0.29) is 5.91 Å². The van der Waals surface area contributed by atoms with Crippen molar-refractivity contribution < 1.29 is 4.79 Å². The maximum atomic E-state index is 12.4. The summed E-state index contributed by atoms with van der Waals surface area (Å²) in [5.41, 5.74) is 3.66. The van der Waals surface area contributed by atoms with E-state index in [1.165, 1.54) is 0 Å². The molecule has 122 valence electrons. The molecule has 0 fully saturated rings. The Balaban J connectivity index is 1.71. The summed E-state index contributed by atoms with van der Waals surface area (Å²) < 4.78 is 0. The van der Waals surface area contributed by atoms with Gasteiger partial charge in [-0.2, -0.15) is 0 Å². The van der Waals surface area contributed by atoms with Crippen molar-refractivity contribution in [2.24, 2.45) is 0 Å². The third kappa shape index (κ3) is 3.63. The minimum atomic E-state index is -0.0821. The summed E-state index contributed by atoms with van der Waals surface area (Å²) >= 11 is 1.65. The minimum absolute atomic E-state index is 0.0821. The van der Waals surface area contributed by atoms with Crippen LogP contribution in [0.3, 0.4) is 0 Å². The first kappa shape index (κ1) is 16.2. The minimum Gasteiger partial charge on any atom is -0.378 e. The van der Waals surface area contributed by atoms with E-state index in [1.54, 1.807) is 17.5 Å². The van der Waals surface area contributed by atoms with Crippen molar-refractivity contribution in [1.29, 1.82) is 0 Å². The van der Waals surface area contributed by atoms with Crippen molar-refractivity contribution in [3.8, 4) is 10.6 Å². The molecular weight excluding hydrogens is 318 g/mol. The van der Waals surface area contributed by atoms with Gasteiger partial charge >= 0.3 is 0 Å². The molecule has 1 aromatic carbocycles. The Morgan fingerprint density at radius 1 is 1.12 bits per heavy atom. The summed E-state index contributed by atoms with van der Waals surface area (Å²) in [6.07, 6.45) is 1.78. The summed E-state index contributed by atoms with van der Waals surface area (Å²) in [5, 5.41) is 5.00. The Kier molecular flexibility index (Phi) is 4.91. The van der Waals surface area contributed by atoms with E-state index in [2.05, 4.69) is 10.3 Å². The molecule has 0 aliphatic carbocycles. The molecular formula is C19H19N3OS. The van der Waals surface area contributed by atoms with E-state index in [9.17, 15) is 4.79 Å². The summed E-state index contributed by atoms with van der Waals surface area (Å²) in [7, 11) is 3.95. The standard InChI is InChI=1S/C19H19N3OS/c1-22(2)16-9-7-14(8-10-16)19(23)21-13-15-5-3-11-20-18(15)17-6-4-12-24-17/h3-12H,13H2,1-2H3,(H,21,23). The Morgan fingerprint density at radius 3 is 2.58 bits per heavy atom. The zero-order valence-corrected chi connectivity index (χ0v) is 14.5. The second-order valence-corrected chi connectivity index (χ2v) is 6.56. The highest BCUT2D eigenvalue weighted by atomic mass is 32.1. The summed E-state index contributed by atoms with van der Waals surface area (Å²) in [6, 6.07) is 15.5. The molecule has 0 bridgehead atoms. The van der Waals surface area contributed by atoms with Crippen molar-refractivity contribution in [2.75, 3.05) is 19.0 Å². The number of nitrogens with zero attached hydrogens (tertiary/aromatic N) is 2. The number of anilines is 1. The molecule has 1 amide bonds. The molecule has 3 aromatic rings. The summed E-state index contributed by atoms with van der Waals surface area (Å²) in [4.78, 5) is 19.9. The van der Waals surface area contributed by atoms with E-state index >= 15 is 0 Å². The Bertz CT molecular complexity index is 811. The fourth-order valence-corrected chi connectivity index (χ4v) is 3.16. The van der Waals surface area contributed by atoms with Gasteiger partial charge in [0.05, 0.1) is 10.6 Å². The Morgan fingerprint density at radius 2 is 1.92 bits per heavy atom. The fraction of sp³-hybridized carbons (Fsp3) is 0.158. The molecule has 5 heteroatoms. The molecule has 0 aliphatic rings. The lowest BCUT2D eigenvalue weighted by molar-refractivity contribution is 0.0951. The molecule has 2 aromatic heterocycles. The number of amides is 1. The highest BCUT2D eigenvalue weighted by molar-refractivity contribution is 7.13. The van der Waals surface area contributed by atoms with Gasteiger partial charge in [0.2, 0.25) is 0 Å². The van der Waals surface area contributed by atoms with Crippen LogP contribution in [0.2, 0.25) is 0 Å². The predicted octanol–water partition coefficient (Wildman–Crippen LogP) is 3.81. The van der Waals surface area contributed by atoms with Crippen LogP contribution in [-0.2, 0) is 6.54 Å². The van der Waals surface area contributed by atoms with Crippen LogP contribution in [-0.4, -0.2) is 25.0 Å². The van der Waals surface area contributed by atoms with Gasteiger partial charge in [0.15, 0.2) is 0 Å². The molecule has 1 N–H and O–H groups in total. The van der Waals surface area contributed by atoms with Gasteiger partial charge in [-0.1, -0.05) is 12.1 Å². The largest absolute Gasteiger partial charge is 0.378 e. The van der Waals surface area contributed by atoms with Gasteiger partial charge in [-0.05, 0) is 47.3 Å². The quantitative estimate of drug-likeness (QED) is 0.770. The van der Waals surface area contributed by atoms with Gasteiger partial charge in [-0.15, -0.1) is 11.3 Å². The molecule has 0 aliphatic heterocycles. The second kappa shape index (κ2) is 7.27. The number of thiophene rings is 1. The number of carbonyl (C=O) groups excluding carboxylic acids is 1. The zero-order chi connectivity index (χ0) is 16.9. The van der Waals surface area contributed by atoms with Crippen molar-refractivity contribution in [1.82, 2.24) is 10.3 Å². The van der Waals surface area contributed by atoms with Crippen molar-refractivity contribution >= 4 is 22.9 Å². The van der Waals surface area contributed by atoms with Crippen LogP contribution in [0.5, 0.6) is 0 Å². The maximum Gasteiger partial charge on any atom is 0.251 e. The number of nitrogens with one attached hydrogen (secondary N) is 1. The van der Waals surface area contributed by atoms with Crippen molar-refractivity contribution in [3.05, 3.63) is 71.2 Å². The van der Waals surface area contributed by atoms with Gasteiger partial charge in [-0.3, -0.25) is 9.78 Å². The molecule has 4 nitrogen and oxygen atoms in total. The van der Waals surface area contributed by atoms with Gasteiger partial charge in [0, 0.05) is 38.1 Å². The molecule has 0 atom stereocenters. The molecule has 3 rings (SSSR count). The normalized spacial score (nSPS) is 10.4. The number of hydrogen-bond acceptors (Lipinski definition) is 4. The number of benzene rings is 1. The summed E-state index contributed by atoms with van der Waals surface area (Å²) in [5.74, 6) is -0.0821. The second-order valence-electron chi connectivity index (χ2n) is 5.61. The predicted molar refractivity (Wildman–Crippen MR) is 99.5 cm³/mol. The topological polar surface area (TPSA) is 45.2 Å². The monoisotopic (exact) mass is 337 g/mol.